The van der Waals surface area contributed by atoms with Gasteiger partial charge in [0.15, 0.2) is 0 Å². The molecular formula is C25H28N2O4. The number of carbonyl (C=O) groups excluding carboxylic acids is 2. The number of nitrogens with zero attached hydrogens (tertiary/aromatic N) is 1. The Morgan fingerprint density at radius 3 is 2.39 bits per heavy atom. The Balaban J connectivity index is 2.06. The van der Waals surface area contributed by atoms with Gasteiger partial charge in [-0.25, -0.2) is 4.79 Å². The predicted molar refractivity (Wildman–Crippen MR) is 121 cm³/mol. The number of anilines is 1. The van der Waals surface area contributed by atoms with Gasteiger partial charge in [0.05, 0.1) is 25.0 Å². The van der Waals surface area contributed by atoms with Crippen LogP contribution in [0.2, 0.25) is 0 Å². The van der Waals surface area contributed by atoms with Crippen LogP contribution in [-0.2, 0) is 11.3 Å². The van der Waals surface area contributed by atoms with Crippen LogP contribution in [0.3, 0.4) is 0 Å². The SMILES string of the molecule is CCOC(=O)c1c(C)c(C(=O)Nc2cc(C)ccc2OC)c(C)n1Cc1ccccc1. The maximum atomic E-state index is 13.3. The lowest BCUT2D eigenvalue weighted by atomic mass is 10.1. The highest BCUT2D eigenvalue weighted by Gasteiger charge is 2.27. The van der Waals surface area contributed by atoms with Crippen LogP contribution in [0.25, 0.3) is 0 Å². The molecule has 0 saturated heterocycles. The first-order valence-electron chi connectivity index (χ1n) is 10.2. The summed E-state index contributed by atoms with van der Waals surface area (Å²) in [5, 5.41) is 2.95. The zero-order chi connectivity index (χ0) is 22.5. The molecule has 162 valence electrons. The normalized spacial score (nSPS) is 10.6. The summed E-state index contributed by atoms with van der Waals surface area (Å²) < 4.78 is 12.5. The fourth-order valence-corrected chi connectivity index (χ4v) is 3.76. The van der Waals surface area contributed by atoms with Crippen molar-refractivity contribution in [1.29, 1.82) is 0 Å². The summed E-state index contributed by atoms with van der Waals surface area (Å²) in [4.78, 5) is 26.1. The lowest BCUT2D eigenvalue weighted by Gasteiger charge is -2.12. The summed E-state index contributed by atoms with van der Waals surface area (Å²) >= 11 is 0. The van der Waals surface area contributed by atoms with E-state index in [2.05, 4.69) is 5.32 Å². The molecule has 0 spiro atoms. The minimum Gasteiger partial charge on any atom is -0.495 e. The number of ether oxygens (including phenoxy) is 2. The van der Waals surface area contributed by atoms with E-state index < -0.39 is 5.97 Å². The van der Waals surface area contributed by atoms with Crippen LogP contribution in [0.4, 0.5) is 5.69 Å². The highest BCUT2D eigenvalue weighted by atomic mass is 16.5. The van der Waals surface area contributed by atoms with Crippen LogP contribution in [0, 0.1) is 20.8 Å². The smallest absolute Gasteiger partial charge is 0.355 e. The number of benzene rings is 2. The Labute approximate surface area is 182 Å². The van der Waals surface area contributed by atoms with Crippen molar-refractivity contribution in [1.82, 2.24) is 4.57 Å². The number of hydrogen-bond acceptors (Lipinski definition) is 4. The molecule has 2 aromatic carbocycles. The summed E-state index contributed by atoms with van der Waals surface area (Å²) in [6.45, 7) is 8.06. The lowest BCUT2D eigenvalue weighted by molar-refractivity contribution is 0.0513. The standard InChI is InChI=1S/C25H28N2O4/c1-6-31-25(29)23-17(3)22(18(4)27(23)15-19-10-8-7-9-11-19)24(28)26-20-14-16(2)12-13-21(20)30-5/h7-14H,6,15H2,1-5H3,(H,26,28). The van der Waals surface area contributed by atoms with E-state index >= 15 is 0 Å². The van der Waals surface area contributed by atoms with Crippen LogP contribution in [-0.4, -0.2) is 30.2 Å². The average molecular weight is 421 g/mol. The molecule has 0 unspecified atom stereocenters. The summed E-state index contributed by atoms with van der Waals surface area (Å²) in [6.07, 6.45) is 0. The van der Waals surface area contributed by atoms with Crippen molar-refractivity contribution < 1.29 is 19.1 Å². The number of esters is 1. The van der Waals surface area contributed by atoms with E-state index in [1.807, 2.05) is 66.9 Å². The first-order valence-corrected chi connectivity index (χ1v) is 10.2. The maximum absolute atomic E-state index is 13.3. The third-order valence-corrected chi connectivity index (χ3v) is 5.25. The van der Waals surface area contributed by atoms with E-state index in [4.69, 9.17) is 9.47 Å². The Hall–Kier alpha value is -3.54. The Bertz CT molecular complexity index is 1100. The van der Waals surface area contributed by atoms with E-state index in [0.29, 0.717) is 40.5 Å². The molecule has 0 fully saturated rings. The van der Waals surface area contributed by atoms with Crippen LogP contribution < -0.4 is 10.1 Å². The van der Waals surface area contributed by atoms with Crippen molar-refractivity contribution >= 4 is 17.6 Å². The Kier molecular flexibility index (Phi) is 6.80. The molecule has 0 aliphatic heterocycles. The van der Waals surface area contributed by atoms with Crippen molar-refractivity contribution in [3.05, 3.63) is 82.2 Å². The second-order valence-electron chi connectivity index (χ2n) is 7.38. The lowest BCUT2D eigenvalue weighted by Crippen LogP contribution is -2.15. The molecule has 6 nitrogen and oxygen atoms in total. The number of amides is 1. The first-order chi connectivity index (χ1) is 14.9. The molecule has 0 atom stereocenters. The van der Waals surface area contributed by atoms with Gasteiger partial charge in [0.25, 0.3) is 5.91 Å². The number of aromatic nitrogens is 1. The molecule has 0 saturated carbocycles. The van der Waals surface area contributed by atoms with E-state index in [-0.39, 0.29) is 12.5 Å². The first kappa shape index (κ1) is 22.2. The monoisotopic (exact) mass is 420 g/mol. The number of carbonyl (C=O) groups is 2. The van der Waals surface area contributed by atoms with Gasteiger partial charge >= 0.3 is 5.97 Å². The summed E-state index contributed by atoms with van der Waals surface area (Å²) in [5.41, 5.74) is 4.76. The van der Waals surface area contributed by atoms with Gasteiger partial charge in [0, 0.05) is 12.2 Å². The summed E-state index contributed by atoms with van der Waals surface area (Å²) in [6, 6.07) is 15.4. The highest BCUT2D eigenvalue weighted by molar-refractivity contribution is 6.09. The van der Waals surface area contributed by atoms with E-state index in [0.717, 1.165) is 11.1 Å². The molecule has 3 rings (SSSR count). The molecule has 0 bridgehead atoms. The molecule has 1 aromatic heterocycles. The topological polar surface area (TPSA) is 69.6 Å². The molecule has 0 aliphatic rings. The fourth-order valence-electron chi connectivity index (χ4n) is 3.76. The van der Waals surface area contributed by atoms with E-state index in [1.54, 1.807) is 21.0 Å². The molecule has 1 N–H and O–H groups in total. The number of nitrogens with one attached hydrogen (secondary N) is 1. The maximum Gasteiger partial charge on any atom is 0.355 e. The molecule has 1 heterocycles. The van der Waals surface area contributed by atoms with Gasteiger partial charge in [-0.15, -0.1) is 0 Å². The summed E-state index contributed by atoms with van der Waals surface area (Å²) in [5.74, 6) is -0.161. The van der Waals surface area contributed by atoms with Gasteiger partial charge in [-0.2, -0.15) is 0 Å². The molecule has 1 amide bonds. The molecule has 0 radical (unpaired) electrons. The Morgan fingerprint density at radius 1 is 1.03 bits per heavy atom. The van der Waals surface area contributed by atoms with Crippen molar-refractivity contribution in [2.24, 2.45) is 0 Å². The van der Waals surface area contributed by atoms with E-state index in [9.17, 15) is 9.59 Å². The Morgan fingerprint density at radius 2 is 1.74 bits per heavy atom. The van der Waals surface area contributed by atoms with Gasteiger partial charge in [0.2, 0.25) is 0 Å². The van der Waals surface area contributed by atoms with Gasteiger partial charge in [-0.3, -0.25) is 4.79 Å². The third-order valence-electron chi connectivity index (χ3n) is 5.25. The largest absolute Gasteiger partial charge is 0.495 e. The number of hydrogen-bond donors (Lipinski definition) is 1. The molecule has 6 heteroatoms. The molecule has 31 heavy (non-hydrogen) atoms. The quantitative estimate of drug-likeness (QED) is 0.552. The van der Waals surface area contributed by atoms with Crippen LogP contribution in [0.1, 0.15) is 50.2 Å². The van der Waals surface area contributed by atoms with Gasteiger partial charge in [0.1, 0.15) is 11.4 Å². The fraction of sp³-hybridized carbons (Fsp3) is 0.280. The third kappa shape index (κ3) is 4.63. The average Bonchev–Trinajstić information content (AvgIpc) is 2.98. The zero-order valence-corrected chi connectivity index (χ0v) is 18.6. The minimum atomic E-state index is -0.439. The number of methoxy groups -OCH3 is 1. The second kappa shape index (κ2) is 9.51. The number of aryl methyl sites for hydroxylation is 1. The predicted octanol–water partition coefficient (Wildman–Crippen LogP) is 4.90. The van der Waals surface area contributed by atoms with Crippen LogP contribution in [0.5, 0.6) is 5.75 Å². The van der Waals surface area contributed by atoms with Crippen molar-refractivity contribution in [3.8, 4) is 5.75 Å². The zero-order valence-electron chi connectivity index (χ0n) is 18.6. The molecule has 3 aromatic rings. The number of rotatable bonds is 7. The van der Waals surface area contributed by atoms with Crippen molar-refractivity contribution in [2.45, 2.75) is 34.2 Å². The summed E-state index contributed by atoms with van der Waals surface area (Å²) in [7, 11) is 1.56. The van der Waals surface area contributed by atoms with Crippen molar-refractivity contribution in [2.75, 3.05) is 19.0 Å². The van der Waals surface area contributed by atoms with E-state index in [1.165, 1.54) is 0 Å². The van der Waals surface area contributed by atoms with Crippen molar-refractivity contribution in [3.63, 3.8) is 0 Å². The highest BCUT2D eigenvalue weighted by Crippen LogP contribution is 2.29. The van der Waals surface area contributed by atoms with Gasteiger partial charge < -0.3 is 19.4 Å². The minimum absolute atomic E-state index is 0.260. The van der Waals surface area contributed by atoms with Crippen LogP contribution in [0.15, 0.2) is 48.5 Å². The van der Waals surface area contributed by atoms with Crippen LogP contribution >= 0.6 is 0 Å². The van der Waals surface area contributed by atoms with Gasteiger partial charge in [-0.05, 0) is 56.5 Å². The van der Waals surface area contributed by atoms with Gasteiger partial charge in [-0.1, -0.05) is 36.4 Å². The molecule has 0 aliphatic carbocycles. The molecular weight excluding hydrogens is 392 g/mol. The second-order valence-corrected chi connectivity index (χ2v) is 7.38.